The molecular weight excluding hydrogens is 364 g/mol. The van der Waals surface area contributed by atoms with Gasteiger partial charge in [0.1, 0.15) is 5.82 Å². The highest BCUT2D eigenvalue weighted by atomic mass is 16.2. The first-order valence-electron chi connectivity index (χ1n) is 9.14. The van der Waals surface area contributed by atoms with Crippen LogP contribution in [0.2, 0.25) is 0 Å². The molecule has 2 amide bonds. The number of rotatable bonds is 6. The van der Waals surface area contributed by atoms with E-state index >= 15 is 0 Å². The number of carbonyl (C=O) groups excluding carboxylic acids is 2. The molecule has 2 aromatic carbocycles. The highest BCUT2D eigenvalue weighted by Gasteiger charge is 2.07. The molecule has 0 bridgehead atoms. The summed E-state index contributed by atoms with van der Waals surface area (Å²) in [6.07, 6.45) is 4.81. The van der Waals surface area contributed by atoms with E-state index in [1.165, 1.54) is 17.8 Å². The zero-order valence-electron chi connectivity index (χ0n) is 16.1. The number of pyridine rings is 1. The third-order valence-electron chi connectivity index (χ3n) is 4.23. The fourth-order valence-corrected chi connectivity index (χ4v) is 2.60. The molecule has 0 atom stereocenters. The first-order valence-corrected chi connectivity index (χ1v) is 9.14. The molecule has 0 aliphatic heterocycles. The minimum absolute atomic E-state index is 0.178. The second-order valence-corrected chi connectivity index (χ2v) is 6.58. The van der Waals surface area contributed by atoms with Gasteiger partial charge in [-0.3, -0.25) is 9.59 Å². The van der Waals surface area contributed by atoms with Crippen LogP contribution in [-0.4, -0.2) is 16.8 Å². The van der Waals surface area contributed by atoms with E-state index in [0.29, 0.717) is 23.6 Å². The molecule has 0 radical (unpaired) electrons. The summed E-state index contributed by atoms with van der Waals surface area (Å²) in [6, 6.07) is 18.2. The minimum Gasteiger partial charge on any atom is -0.384 e. The molecule has 3 aromatic rings. The summed E-state index contributed by atoms with van der Waals surface area (Å²) in [5.74, 6) is -0.0831. The Morgan fingerprint density at radius 1 is 1.03 bits per heavy atom. The standard InChI is InChI=1S/C23H22N4O2/c1-16-2-4-17(5-3-16)8-11-22(28)26-15-18-6-9-19(10-7-18)23(29)27-20-12-13-25-21(24)14-20/h2-14H,15H2,1H3,(H,26,28)(H3,24,25,27,29). The second kappa shape index (κ2) is 9.32. The number of benzene rings is 2. The normalized spacial score (nSPS) is 10.7. The molecule has 0 saturated carbocycles. The molecule has 0 aliphatic rings. The van der Waals surface area contributed by atoms with Crippen LogP contribution in [0.3, 0.4) is 0 Å². The predicted molar refractivity (Wildman–Crippen MR) is 115 cm³/mol. The SMILES string of the molecule is Cc1ccc(C=CC(=O)NCc2ccc(C(=O)Nc3ccnc(N)c3)cc2)cc1. The molecule has 1 aromatic heterocycles. The van der Waals surface area contributed by atoms with Gasteiger partial charge in [0.05, 0.1) is 0 Å². The van der Waals surface area contributed by atoms with Crippen molar-refractivity contribution in [2.75, 3.05) is 11.1 Å². The molecule has 146 valence electrons. The molecule has 0 saturated heterocycles. The average molecular weight is 386 g/mol. The second-order valence-electron chi connectivity index (χ2n) is 6.58. The number of hydrogen-bond donors (Lipinski definition) is 3. The largest absolute Gasteiger partial charge is 0.384 e. The molecule has 4 N–H and O–H groups in total. The Balaban J connectivity index is 1.51. The Kier molecular flexibility index (Phi) is 6.37. The first-order chi connectivity index (χ1) is 14.0. The molecule has 3 rings (SSSR count). The zero-order valence-corrected chi connectivity index (χ0v) is 16.1. The Hall–Kier alpha value is -3.93. The summed E-state index contributed by atoms with van der Waals surface area (Å²) < 4.78 is 0. The number of hydrogen-bond acceptors (Lipinski definition) is 4. The monoisotopic (exact) mass is 386 g/mol. The van der Waals surface area contributed by atoms with Crippen LogP contribution in [-0.2, 0) is 11.3 Å². The van der Waals surface area contributed by atoms with Crippen molar-refractivity contribution in [2.45, 2.75) is 13.5 Å². The first kappa shape index (κ1) is 19.8. The highest BCUT2D eigenvalue weighted by Crippen LogP contribution is 2.12. The Morgan fingerprint density at radius 3 is 2.45 bits per heavy atom. The van der Waals surface area contributed by atoms with Gasteiger partial charge in [-0.2, -0.15) is 0 Å². The summed E-state index contributed by atoms with van der Waals surface area (Å²) in [5.41, 5.74) is 9.74. The van der Waals surface area contributed by atoms with E-state index in [2.05, 4.69) is 15.6 Å². The summed E-state index contributed by atoms with van der Waals surface area (Å²) >= 11 is 0. The van der Waals surface area contributed by atoms with Gasteiger partial charge in [0.15, 0.2) is 0 Å². The van der Waals surface area contributed by atoms with Crippen molar-refractivity contribution in [1.82, 2.24) is 10.3 Å². The number of aromatic nitrogens is 1. The van der Waals surface area contributed by atoms with E-state index in [0.717, 1.165) is 11.1 Å². The van der Waals surface area contributed by atoms with Gasteiger partial charge in [-0.25, -0.2) is 4.98 Å². The van der Waals surface area contributed by atoms with Gasteiger partial charge in [0.25, 0.3) is 5.91 Å². The summed E-state index contributed by atoms with van der Waals surface area (Å²) in [4.78, 5) is 28.2. The number of nitrogens with zero attached hydrogens (tertiary/aromatic N) is 1. The van der Waals surface area contributed by atoms with Crippen LogP contribution < -0.4 is 16.4 Å². The topological polar surface area (TPSA) is 97.1 Å². The van der Waals surface area contributed by atoms with Gasteiger partial charge in [-0.05, 0) is 42.3 Å². The molecule has 29 heavy (non-hydrogen) atoms. The van der Waals surface area contributed by atoms with E-state index in [1.807, 2.05) is 31.2 Å². The van der Waals surface area contributed by atoms with Crippen molar-refractivity contribution in [2.24, 2.45) is 0 Å². The molecule has 0 spiro atoms. The maximum Gasteiger partial charge on any atom is 0.255 e. The lowest BCUT2D eigenvalue weighted by Crippen LogP contribution is -2.20. The Morgan fingerprint density at radius 2 is 1.76 bits per heavy atom. The Bertz CT molecular complexity index is 1030. The number of anilines is 2. The predicted octanol–water partition coefficient (Wildman–Crippen LogP) is 3.55. The number of nitrogen functional groups attached to an aromatic ring is 1. The van der Waals surface area contributed by atoms with E-state index in [9.17, 15) is 9.59 Å². The summed E-state index contributed by atoms with van der Waals surface area (Å²) in [5, 5.41) is 5.59. The van der Waals surface area contributed by atoms with Gasteiger partial charge >= 0.3 is 0 Å². The number of carbonyl (C=O) groups is 2. The highest BCUT2D eigenvalue weighted by molar-refractivity contribution is 6.04. The molecule has 0 aliphatic carbocycles. The number of nitrogens with one attached hydrogen (secondary N) is 2. The van der Waals surface area contributed by atoms with E-state index in [4.69, 9.17) is 5.73 Å². The molecule has 1 heterocycles. The fraction of sp³-hybridized carbons (Fsp3) is 0.0870. The van der Waals surface area contributed by atoms with Crippen LogP contribution in [0.15, 0.2) is 72.9 Å². The lowest BCUT2D eigenvalue weighted by Gasteiger charge is -2.07. The summed E-state index contributed by atoms with van der Waals surface area (Å²) in [7, 11) is 0. The van der Waals surface area contributed by atoms with Gasteiger partial charge < -0.3 is 16.4 Å². The van der Waals surface area contributed by atoms with Crippen molar-refractivity contribution in [3.63, 3.8) is 0 Å². The fourth-order valence-electron chi connectivity index (χ4n) is 2.60. The van der Waals surface area contributed by atoms with Crippen LogP contribution in [0.4, 0.5) is 11.5 Å². The van der Waals surface area contributed by atoms with Gasteiger partial charge in [-0.15, -0.1) is 0 Å². The lowest BCUT2D eigenvalue weighted by atomic mass is 10.1. The maximum absolute atomic E-state index is 12.3. The van der Waals surface area contributed by atoms with E-state index in [1.54, 1.807) is 42.5 Å². The smallest absolute Gasteiger partial charge is 0.255 e. The van der Waals surface area contributed by atoms with E-state index < -0.39 is 0 Å². The van der Waals surface area contributed by atoms with Crippen molar-refractivity contribution in [3.05, 3.63) is 95.2 Å². The number of amides is 2. The van der Waals surface area contributed by atoms with Gasteiger partial charge in [-0.1, -0.05) is 42.0 Å². The quantitative estimate of drug-likeness (QED) is 0.564. The third kappa shape index (κ3) is 6.04. The Labute approximate surface area is 169 Å². The van der Waals surface area contributed by atoms with Crippen molar-refractivity contribution in [1.29, 1.82) is 0 Å². The molecule has 0 fully saturated rings. The molecule has 0 unspecified atom stereocenters. The average Bonchev–Trinajstić information content (AvgIpc) is 2.72. The van der Waals surface area contributed by atoms with Crippen molar-refractivity contribution < 1.29 is 9.59 Å². The van der Waals surface area contributed by atoms with Crippen molar-refractivity contribution in [3.8, 4) is 0 Å². The maximum atomic E-state index is 12.3. The van der Waals surface area contributed by atoms with Gasteiger partial charge in [0.2, 0.25) is 5.91 Å². The van der Waals surface area contributed by atoms with Crippen LogP contribution >= 0.6 is 0 Å². The van der Waals surface area contributed by atoms with E-state index in [-0.39, 0.29) is 11.8 Å². The number of aryl methyl sites for hydroxylation is 1. The third-order valence-corrected chi connectivity index (χ3v) is 4.23. The lowest BCUT2D eigenvalue weighted by molar-refractivity contribution is -0.116. The van der Waals surface area contributed by atoms with Crippen LogP contribution in [0.25, 0.3) is 6.08 Å². The van der Waals surface area contributed by atoms with Gasteiger partial charge in [0, 0.05) is 36.1 Å². The minimum atomic E-state index is -0.243. The molecule has 6 nitrogen and oxygen atoms in total. The van der Waals surface area contributed by atoms with Crippen LogP contribution in [0.5, 0.6) is 0 Å². The zero-order chi connectivity index (χ0) is 20.6. The summed E-state index contributed by atoms with van der Waals surface area (Å²) in [6.45, 7) is 2.39. The van der Waals surface area contributed by atoms with Crippen LogP contribution in [0, 0.1) is 6.92 Å². The molecular formula is C23H22N4O2. The molecule has 6 heteroatoms. The van der Waals surface area contributed by atoms with Crippen LogP contribution in [0.1, 0.15) is 27.0 Å². The van der Waals surface area contributed by atoms with Crippen molar-refractivity contribution >= 4 is 29.4 Å². The number of nitrogens with two attached hydrogens (primary N) is 1.